The summed E-state index contributed by atoms with van der Waals surface area (Å²) in [5.74, 6) is -0.394. The van der Waals surface area contributed by atoms with Crippen LogP contribution in [0.3, 0.4) is 0 Å². The molecule has 1 aromatic carbocycles. The number of rotatable bonds is 6. The monoisotopic (exact) mass is 257 g/mol. The molecule has 0 spiro atoms. The van der Waals surface area contributed by atoms with E-state index in [-0.39, 0.29) is 19.6 Å². The van der Waals surface area contributed by atoms with E-state index < -0.39 is 18.9 Å². The Morgan fingerprint density at radius 2 is 2.17 bits per heavy atom. The van der Waals surface area contributed by atoms with Gasteiger partial charge in [-0.05, 0) is 12.5 Å². The Bertz CT molecular complexity index is 396. The average Bonchev–Trinajstić information content (AvgIpc) is 2.27. The molecule has 1 amide bonds. The van der Waals surface area contributed by atoms with Crippen LogP contribution in [-0.2, 0) is 11.2 Å². The quantitative estimate of drug-likeness (QED) is 0.841. The van der Waals surface area contributed by atoms with Gasteiger partial charge in [0.2, 0.25) is 5.91 Å². The van der Waals surface area contributed by atoms with E-state index in [4.69, 9.17) is 5.11 Å². The number of aliphatic hydroxyl groups is 1. The summed E-state index contributed by atoms with van der Waals surface area (Å²) in [6.45, 7) is 0.894. The molecule has 0 unspecified atom stereocenters. The molecule has 1 aromatic rings. The lowest BCUT2D eigenvalue weighted by molar-refractivity contribution is -0.133. The minimum atomic E-state index is -2.59. The van der Waals surface area contributed by atoms with Crippen molar-refractivity contribution < 1.29 is 18.7 Å². The van der Waals surface area contributed by atoms with Crippen LogP contribution < -0.4 is 0 Å². The Kier molecular flexibility index (Phi) is 5.71. The number of hydrogen-bond donors (Lipinski definition) is 1. The second kappa shape index (κ2) is 7.06. The number of amides is 1. The van der Waals surface area contributed by atoms with E-state index in [1.165, 1.54) is 0 Å². The fraction of sp³-hybridized carbons (Fsp3) is 0.462. The van der Waals surface area contributed by atoms with Crippen LogP contribution in [0.5, 0.6) is 0 Å². The van der Waals surface area contributed by atoms with Gasteiger partial charge in [-0.25, -0.2) is 8.78 Å². The molecule has 0 atom stereocenters. The van der Waals surface area contributed by atoms with Gasteiger partial charge in [0.05, 0.1) is 19.6 Å². The van der Waals surface area contributed by atoms with Crippen molar-refractivity contribution in [2.75, 3.05) is 19.7 Å². The van der Waals surface area contributed by atoms with E-state index in [0.717, 1.165) is 16.0 Å². The van der Waals surface area contributed by atoms with Crippen LogP contribution in [0.2, 0.25) is 0 Å². The zero-order chi connectivity index (χ0) is 13.5. The summed E-state index contributed by atoms with van der Waals surface area (Å²) in [7, 11) is 0. The summed E-state index contributed by atoms with van der Waals surface area (Å²) < 4.78 is 24.6. The zero-order valence-electron chi connectivity index (χ0n) is 10.3. The van der Waals surface area contributed by atoms with Gasteiger partial charge in [-0.1, -0.05) is 29.8 Å². The predicted octanol–water partition coefficient (Wildman–Crippen LogP) is 1.62. The number of aryl methyl sites for hydroxylation is 1. The Morgan fingerprint density at radius 1 is 1.44 bits per heavy atom. The highest BCUT2D eigenvalue weighted by atomic mass is 19.3. The van der Waals surface area contributed by atoms with E-state index in [1.807, 2.05) is 25.1 Å². The molecule has 1 N–H and O–H groups in total. The van der Waals surface area contributed by atoms with Gasteiger partial charge in [0.15, 0.2) is 0 Å². The highest BCUT2D eigenvalue weighted by Crippen LogP contribution is 2.08. The lowest BCUT2D eigenvalue weighted by Crippen LogP contribution is -2.38. The molecule has 0 aliphatic rings. The van der Waals surface area contributed by atoms with Crippen LogP contribution in [-0.4, -0.2) is 42.0 Å². The Labute approximate surface area is 105 Å². The standard InChI is InChI=1S/C13H17F2NO2/c1-10-3-2-4-11(7-10)8-13(18)16(5-6-17)9-12(14)15/h2-4,7,12,17H,5-6,8-9H2,1H3. The van der Waals surface area contributed by atoms with E-state index in [9.17, 15) is 13.6 Å². The zero-order valence-corrected chi connectivity index (χ0v) is 10.3. The fourth-order valence-electron chi connectivity index (χ4n) is 1.71. The fourth-order valence-corrected chi connectivity index (χ4v) is 1.71. The molecule has 0 aliphatic carbocycles. The van der Waals surface area contributed by atoms with E-state index >= 15 is 0 Å². The number of benzene rings is 1. The maximum atomic E-state index is 12.3. The van der Waals surface area contributed by atoms with Gasteiger partial charge >= 0.3 is 0 Å². The number of aliphatic hydroxyl groups excluding tert-OH is 1. The number of halogens is 2. The third-order valence-corrected chi connectivity index (χ3v) is 2.52. The molecule has 1 rings (SSSR count). The average molecular weight is 257 g/mol. The van der Waals surface area contributed by atoms with Crippen LogP contribution in [0, 0.1) is 6.92 Å². The summed E-state index contributed by atoms with van der Waals surface area (Å²) in [5.41, 5.74) is 1.81. The highest BCUT2D eigenvalue weighted by Gasteiger charge is 2.17. The Morgan fingerprint density at radius 3 is 2.72 bits per heavy atom. The second-order valence-corrected chi connectivity index (χ2v) is 4.12. The number of hydrogen-bond acceptors (Lipinski definition) is 2. The molecular formula is C13H17F2NO2. The van der Waals surface area contributed by atoms with Gasteiger partial charge in [0, 0.05) is 6.54 Å². The lowest BCUT2D eigenvalue weighted by atomic mass is 10.1. The van der Waals surface area contributed by atoms with E-state index in [0.29, 0.717) is 0 Å². The first-order valence-corrected chi connectivity index (χ1v) is 5.75. The molecule has 0 radical (unpaired) electrons. The van der Waals surface area contributed by atoms with E-state index in [1.54, 1.807) is 6.07 Å². The first-order chi connectivity index (χ1) is 8.52. The van der Waals surface area contributed by atoms with Crippen molar-refractivity contribution in [2.45, 2.75) is 19.8 Å². The van der Waals surface area contributed by atoms with Crippen LogP contribution in [0.15, 0.2) is 24.3 Å². The minimum Gasteiger partial charge on any atom is -0.395 e. The van der Waals surface area contributed by atoms with Crippen molar-refractivity contribution in [1.29, 1.82) is 0 Å². The summed E-state index contributed by atoms with van der Waals surface area (Å²) in [4.78, 5) is 12.8. The van der Waals surface area contributed by atoms with Crippen LogP contribution in [0.1, 0.15) is 11.1 Å². The maximum Gasteiger partial charge on any atom is 0.255 e. The largest absolute Gasteiger partial charge is 0.395 e. The van der Waals surface area contributed by atoms with Gasteiger partial charge in [-0.15, -0.1) is 0 Å². The molecule has 18 heavy (non-hydrogen) atoms. The third-order valence-electron chi connectivity index (χ3n) is 2.52. The van der Waals surface area contributed by atoms with Crippen LogP contribution in [0.25, 0.3) is 0 Å². The van der Waals surface area contributed by atoms with Crippen molar-refractivity contribution >= 4 is 5.91 Å². The van der Waals surface area contributed by atoms with Gasteiger partial charge in [0.1, 0.15) is 0 Å². The molecule has 0 saturated heterocycles. The molecule has 0 aromatic heterocycles. The first-order valence-electron chi connectivity index (χ1n) is 5.75. The maximum absolute atomic E-state index is 12.3. The molecule has 0 heterocycles. The molecule has 3 nitrogen and oxygen atoms in total. The summed E-state index contributed by atoms with van der Waals surface area (Å²) in [6.07, 6.45) is -2.51. The number of alkyl halides is 2. The van der Waals surface area contributed by atoms with Crippen molar-refractivity contribution in [3.63, 3.8) is 0 Å². The predicted molar refractivity (Wildman–Crippen MR) is 64.6 cm³/mol. The summed E-state index contributed by atoms with van der Waals surface area (Å²) >= 11 is 0. The number of carbonyl (C=O) groups excluding carboxylic acids is 1. The molecule has 100 valence electrons. The van der Waals surface area contributed by atoms with Crippen molar-refractivity contribution in [1.82, 2.24) is 4.90 Å². The van der Waals surface area contributed by atoms with Gasteiger partial charge in [-0.2, -0.15) is 0 Å². The summed E-state index contributed by atoms with van der Waals surface area (Å²) in [6, 6.07) is 7.35. The third kappa shape index (κ3) is 4.79. The topological polar surface area (TPSA) is 40.5 Å². The van der Waals surface area contributed by atoms with Crippen molar-refractivity contribution in [3.05, 3.63) is 35.4 Å². The second-order valence-electron chi connectivity index (χ2n) is 4.12. The van der Waals surface area contributed by atoms with Crippen LogP contribution in [0.4, 0.5) is 8.78 Å². The number of nitrogens with zero attached hydrogens (tertiary/aromatic N) is 1. The SMILES string of the molecule is Cc1cccc(CC(=O)N(CCO)CC(F)F)c1. The van der Waals surface area contributed by atoms with Crippen molar-refractivity contribution in [3.8, 4) is 0 Å². The number of carbonyl (C=O) groups is 1. The normalized spacial score (nSPS) is 10.7. The Balaban J connectivity index is 2.66. The molecule has 0 aliphatic heterocycles. The summed E-state index contributed by atoms with van der Waals surface area (Å²) in [5, 5.41) is 8.77. The smallest absolute Gasteiger partial charge is 0.255 e. The molecule has 0 fully saturated rings. The van der Waals surface area contributed by atoms with Gasteiger partial charge in [0.25, 0.3) is 6.43 Å². The minimum absolute atomic E-state index is 0.0605. The van der Waals surface area contributed by atoms with Crippen LogP contribution >= 0.6 is 0 Å². The van der Waals surface area contributed by atoms with E-state index in [2.05, 4.69) is 0 Å². The lowest BCUT2D eigenvalue weighted by Gasteiger charge is -2.21. The molecule has 0 saturated carbocycles. The molecular weight excluding hydrogens is 240 g/mol. The highest BCUT2D eigenvalue weighted by molar-refractivity contribution is 5.78. The molecule has 0 bridgehead atoms. The van der Waals surface area contributed by atoms with Gasteiger partial charge in [-0.3, -0.25) is 4.79 Å². The van der Waals surface area contributed by atoms with Gasteiger partial charge < -0.3 is 10.0 Å². The molecule has 5 heteroatoms. The van der Waals surface area contributed by atoms with Crippen molar-refractivity contribution in [2.24, 2.45) is 0 Å². The first kappa shape index (κ1) is 14.6. The Hall–Kier alpha value is -1.49.